The van der Waals surface area contributed by atoms with E-state index in [1.54, 1.807) is 0 Å². The minimum absolute atomic E-state index is 0.241. The van der Waals surface area contributed by atoms with Crippen LogP contribution in [0.3, 0.4) is 0 Å². The third-order valence-electron chi connectivity index (χ3n) is 2.32. The van der Waals surface area contributed by atoms with Crippen LogP contribution in [0.15, 0.2) is 0 Å². The molecule has 0 unspecified atom stereocenters. The molecule has 0 aliphatic heterocycles. The fourth-order valence-corrected chi connectivity index (χ4v) is 1.62. The first-order valence-corrected chi connectivity index (χ1v) is 4.74. The number of hydrogen-bond donors (Lipinski definition) is 1. The van der Waals surface area contributed by atoms with Crippen LogP contribution in [-0.4, -0.2) is 18.5 Å². The van der Waals surface area contributed by atoms with Crippen molar-refractivity contribution < 1.29 is 4.79 Å². The molecule has 0 heterocycles. The molecule has 3 heteroatoms. The fraction of sp³-hybridized carbons (Fsp3) is 0.889. The number of rotatable bonds is 4. The summed E-state index contributed by atoms with van der Waals surface area (Å²) in [6, 6.07) is 0.512. The van der Waals surface area contributed by atoms with E-state index in [1.165, 1.54) is 32.1 Å². The Kier molecular flexibility index (Phi) is 4.08. The zero-order chi connectivity index (χ0) is 8.81. The molecule has 0 saturated heterocycles. The molecule has 0 aromatic rings. The lowest BCUT2D eigenvalue weighted by Gasteiger charge is -2.20. The van der Waals surface area contributed by atoms with E-state index >= 15 is 0 Å². The number of primary amides is 1. The predicted octanol–water partition coefficient (Wildman–Crippen LogP) is 0.799. The molecule has 0 aromatic heterocycles. The van der Waals surface area contributed by atoms with Crippen molar-refractivity contribution in [1.29, 1.82) is 0 Å². The summed E-state index contributed by atoms with van der Waals surface area (Å²) in [7, 11) is 0. The Labute approximate surface area is 73.7 Å². The first-order valence-electron chi connectivity index (χ1n) is 4.74. The maximum absolute atomic E-state index is 10.4. The van der Waals surface area contributed by atoms with Gasteiger partial charge in [-0.25, -0.2) is 5.32 Å². The summed E-state index contributed by atoms with van der Waals surface area (Å²) in [5.74, 6) is -0.241. The first-order chi connectivity index (χ1) is 5.79. The monoisotopic (exact) mass is 169 g/mol. The Bertz CT molecular complexity index is 141. The maximum atomic E-state index is 10.4. The van der Waals surface area contributed by atoms with E-state index < -0.39 is 0 Å². The van der Waals surface area contributed by atoms with Crippen LogP contribution in [-0.2, 0) is 4.79 Å². The summed E-state index contributed by atoms with van der Waals surface area (Å²) in [6.45, 7) is 0.625. The average molecular weight is 169 g/mol. The smallest absolute Gasteiger partial charge is 0.218 e. The van der Waals surface area contributed by atoms with E-state index in [2.05, 4.69) is 5.32 Å². The van der Waals surface area contributed by atoms with E-state index in [0.29, 0.717) is 19.0 Å². The van der Waals surface area contributed by atoms with Gasteiger partial charge in [-0.15, -0.1) is 0 Å². The zero-order valence-electron chi connectivity index (χ0n) is 7.46. The van der Waals surface area contributed by atoms with E-state index in [-0.39, 0.29) is 5.91 Å². The SMILES string of the molecule is NC(=O)CC[N]C1CCCCC1. The molecule has 1 fully saturated rings. The summed E-state index contributed by atoms with van der Waals surface area (Å²) < 4.78 is 0. The van der Waals surface area contributed by atoms with Gasteiger partial charge in [0.05, 0.1) is 0 Å². The second-order valence-corrected chi connectivity index (χ2v) is 3.41. The van der Waals surface area contributed by atoms with Gasteiger partial charge in [0, 0.05) is 19.0 Å². The lowest BCUT2D eigenvalue weighted by atomic mass is 9.95. The normalized spacial score (nSPS) is 19.3. The van der Waals surface area contributed by atoms with Crippen molar-refractivity contribution in [2.75, 3.05) is 6.54 Å². The number of carbonyl (C=O) groups is 1. The quantitative estimate of drug-likeness (QED) is 0.665. The number of carbonyl (C=O) groups excluding carboxylic acids is 1. The molecule has 0 spiro atoms. The lowest BCUT2D eigenvalue weighted by molar-refractivity contribution is -0.117. The number of amides is 1. The van der Waals surface area contributed by atoms with Gasteiger partial charge in [-0.3, -0.25) is 4.79 Å². The lowest BCUT2D eigenvalue weighted by Crippen LogP contribution is -2.27. The van der Waals surface area contributed by atoms with Gasteiger partial charge >= 0.3 is 0 Å². The Hall–Kier alpha value is -0.570. The fourth-order valence-electron chi connectivity index (χ4n) is 1.62. The van der Waals surface area contributed by atoms with Crippen LogP contribution < -0.4 is 11.1 Å². The van der Waals surface area contributed by atoms with Crippen LogP contribution >= 0.6 is 0 Å². The number of hydrogen-bond acceptors (Lipinski definition) is 1. The number of nitrogens with two attached hydrogens (primary N) is 1. The van der Waals surface area contributed by atoms with Crippen LogP contribution in [0.1, 0.15) is 38.5 Å². The van der Waals surface area contributed by atoms with Crippen molar-refractivity contribution in [1.82, 2.24) is 5.32 Å². The van der Waals surface area contributed by atoms with Crippen molar-refractivity contribution in [3.63, 3.8) is 0 Å². The molecule has 12 heavy (non-hydrogen) atoms. The molecule has 1 rings (SSSR count). The summed E-state index contributed by atoms with van der Waals surface area (Å²) in [5, 5.41) is 4.42. The second-order valence-electron chi connectivity index (χ2n) is 3.41. The van der Waals surface area contributed by atoms with E-state index in [1.807, 2.05) is 0 Å². The van der Waals surface area contributed by atoms with Crippen molar-refractivity contribution in [3.05, 3.63) is 0 Å². The molecule has 1 amide bonds. The van der Waals surface area contributed by atoms with Crippen molar-refractivity contribution in [2.24, 2.45) is 5.73 Å². The molecular formula is C9H17N2O. The van der Waals surface area contributed by atoms with E-state index in [4.69, 9.17) is 5.73 Å². The van der Waals surface area contributed by atoms with Crippen LogP contribution in [0.25, 0.3) is 0 Å². The van der Waals surface area contributed by atoms with Gasteiger partial charge in [0.25, 0.3) is 0 Å². The highest BCUT2D eigenvalue weighted by Gasteiger charge is 2.13. The predicted molar refractivity (Wildman–Crippen MR) is 47.7 cm³/mol. The molecule has 1 saturated carbocycles. The molecule has 0 bridgehead atoms. The van der Waals surface area contributed by atoms with Crippen molar-refractivity contribution in [2.45, 2.75) is 44.6 Å². The molecule has 1 radical (unpaired) electrons. The summed E-state index contributed by atoms with van der Waals surface area (Å²) in [5.41, 5.74) is 5.01. The maximum Gasteiger partial charge on any atom is 0.218 e. The first kappa shape index (κ1) is 9.52. The minimum atomic E-state index is -0.241. The van der Waals surface area contributed by atoms with E-state index in [9.17, 15) is 4.79 Å². The molecular weight excluding hydrogens is 152 g/mol. The Morgan fingerprint density at radius 2 is 2.00 bits per heavy atom. The second kappa shape index (κ2) is 5.14. The Balaban J connectivity index is 2.01. The third kappa shape index (κ3) is 3.72. The molecule has 69 valence electrons. The van der Waals surface area contributed by atoms with Gasteiger partial charge in [0.1, 0.15) is 0 Å². The molecule has 2 N–H and O–H groups in total. The average Bonchev–Trinajstić information content (AvgIpc) is 2.05. The highest BCUT2D eigenvalue weighted by Crippen LogP contribution is 2.17. The summed E-state index contributed by atoms with van der Waals surface area (Å²) in [6.07, 6.45) is 6.77. The summed E-state index contributed by atoms with van der Waals surface area (Å²) in [4.78, 5) is 10.4. The van der Waals surface area contributed by atoms with Gasteiger partial charge in [0.15, 0.2) is 0 Å². The molecule has 0 atom stereocenters. The standard InChI is InChI=1S/C9H17N2O/c10-9(12)6-7-11-8-4-2-1-3-5-8/h8H,1-7H2,(H2,10,12). The molecule has 1 aliphatic carbocycles. The van der Waals surface area contributed by atoms with Gasteiger partial charge in [-0.2, -0.15) is 0 Å². The molecule has 0 aromatic carbocycles. The Morgan fingerprint density at radius 3 is 2.58 bits per heavy atom. The van der Waals surface area contributed by atoms with Gasteiger partial charge in [-0.05, 0) is 12.8 Å². The Morgan fingerprint density at radius 1 is 1.33 bits per heavy atom. The van der Waals surface area contributed by atoms with Crippen LogP contribution in [0.4, 0.5) is 0 Å². The summed E-state index contributed by atoms with van der Waals surface area (Å²) >= 11 is 0. The minimum Gasteiger partial charge on any atom is -0.370 e. The highest BCUT2D eigenvalue weighted by atomic mass is 16.1. The van der Waals surface area contributed by atoms with Gasteiger partial charge in [-0.1, -0.05) is 19.3 Å². The van der Waals surface area contributed by atoms with Crippen LogP contribution in [0.2, 0.25) is 0 Å². The highest BCUT2D eigenvalue weighted by molar-refractivity contribution is 5.73. The van der Waals surface area contributed by atoms with Gasteiger partial charge in [0.2, 0.25) is 5.91 Å². The van der Waals surface area contributed by atoms with Gasteiger partial charge < -0.3 is 5.73 Å². The van der Waals surface area contributed by atoms with Crippen molar-refractivity contribution >= 4 is 5.91 Å². The van der Waals surface area contributed by atoms with Crippen molar-refractivity contribution in [3.8, 4) is 0 Å². The van der Waals surface area contributed by atoms with Crippen LogP contribution in [0.5, 0.6) is 0 Å². The molecule has 3 nitrogen and oxygen atoms in total. The van der Waals surface area contributed by atoms with E-state index in [0.717, 1.165) is 0 Å². The number of nitrogens with zero attached hydrogens (tertiary/aromatic N) is 1. The third-order valence-corrected chi connectivity index (χ3v) is 2.32. The topological polar surface area (TPSA) is 57.2 Å². The zero-order valence-corrected chi connectivity index (χ0v) is 7.46. The largest absolute Gasteiger partial charge is 0.370 e. The van der Waals surface area contributed by atoms with Crippen LogP contribution in [0, 0.1) is 0 Å². The molecule has 1 aliphatic rings.